The highest BCUT2D eigenvalue weighted by Crippen LogP contribution is 2.04. The summed E-state index contributed by atoms with van der Waals surface area (Å²) in [5, 5.41) is 7.79. The first kappa shape index (κ1) is 16.9. The fourth-order valence-corrected chi connectivity index (χ4v) is 2.21. The lowest BCUT2D eigenvalue weighted by Crippen LogP contribution is -2.48. The molecule has 5 N–H and O–H groups in total. The van der Waals surface area contributed by atoms with Gasteiger partial charge in [-0.2, -0.15) is 0 Å². The summed E-state index contributed by atoms with van der Waals surface area (Å²) in [6.07, 6.45) is 0. The number of rotatable bonds is 4. The van der Waals surface area contributed by atoms with Crippen molar-refractivity contribution < 1.29 is 14.4 Å². The Morgan fingerprint density at radius 1 is 1.09 bits per heavy atom. The molecule has 1 aliphatic rings. The zero-order valence-corrected chi connectivity index (χ0v) is 12.8. The van der Waals surface area contributed by atoms with E-state index in [0.717, 1.165) is 26.2 Å². The summed E-state index contributed by atoms with van der Waals surface area (Å²) in [5.74, 6) is -2.41. The minimum Gasteiger partial charge on any atom is -0.399 e. The van der Waals surface area contributed by atoms with Gasteiger partial charge in [-0.15, -0.1) is 0 Å². The van der Waals surface area contributed by atoms with E-state index in [1.54, 1.807) is 12.1 Å². The van der Waals surface area contributed by atoms with Gasteiger partial charge in [-0.25, -0.2) is 0 Å². The minimum absolute atomic E-state index is 0.265. The van der Waals surface area contributed by atoms with Gasteiger partial charge in [-0.05, 0) is 24.3 Å². The van der Waals surface area contributed by atoms with Gasteiger partial charge in [0.1, 0.15) is 0 Å². The highest BCUT2D eigenvalue weighted by molar-refractivity contribution is 6.38. The predicted octanol–water partition coefficient (Wildman–Crippen LogP) is -1.45. The van der Waals surface area contributed by atoms with Gasteiger partial charge in [-0.3, -0.25) is 24.6 Å². The van der Waals surface area contributed by atoms with E-state index in [4.69, 9.17) is 5.73 Å². The number of carbonyl (C=O) groups excluding carboxylic acids is 3. The van der Waals surface area contributed by atoms with Crippen LogP contribution < -0.4 is 21.7 Å². The number of benzene rings is 1. The van der Waals surface area contributed by atoms with Gasteiger partial charge in [0.05, 0.1) is 0 Å². The second-order valence-electron chi connectivity index (χ2n) is 5.25. The summed E-state index contributed by atoms with van der Waals surface area (Å²) in [6.45, 7) is 4.71. The molecule has 0 atom stereocenters. The van der Waals surface area contributed by atoms with Crippen LogP contribution in [0, 0.1) is 0 Å². The van der Waals surface area contributed by atoms with Crippen LogP contribution in [0.25, 0.3) is 0 Å². The standard InChI is InChI=1S/C15H21N5O3/c16-12-3-1-11(2-4-12)13(21)19-15(23)14(22)18-7-10-20-8-5-17-6-9-20/h1-4,17H,5-10,16H2,(H,18,22)(H,19,21,23). The third-order valence-electron chi connectivity index (χ3n) is 3.53. The summed E-state index contributed by atoms with van der Waals surface area (Å²) in [4.78, 5) is 37.4. The second-order valence-corrected chi connectivity index (χ2v) is 5.25. The monoisotopic (exact) mass is 319 g/mol. The number of amides is 3. The van der Waals surface area contributed by atoms with Gasteiger partial charge < -0.3 is 16.4 Å². The Morgan fingerprint density at radius 2 is 1.74 bits per heavy atom. The number of hydrogen-bond acceptors (Lipinski definition) is 6. The molecule has 23 heavy (non-hydrogen) atoms. The van der Waals surface area contributed by atoms with Crippen molar-refractivity contribution in [3.05, 3.63) is 29.8 Å². The highest BCUT2D eigenvalue weighted by atomic mass is 16.2. The molecule has 0 aromatic heterocycles. The van der Waals surface area contributed by atoms with Crippen LogP contribution in [0.5, 0.6) is 0 Å². The molecule has 2 rings (SSSR count). The molecule has 0 bridgehead atoms. The lowest BCUT2D eigenvalue weighted by Gasteiger charge is -2.26. The SMILES string of the molecule is Nc1ccc(C(=O)NC(=O)C(=O)NCCN2CCNCC2)cc1. The van der Waals surface area contributed by atoms with Crippen LogP contribution >= 0.6 is 0 Å². The van der Waals surface area contributed by atoms with Crippen molar-refractivity contribution in [1.82, 2.24) is 20.9 Å². The number of nitrogens with two attached hydrogens (primary N) is 1. The van der Waals surface area contributed by atoms with Crippen LogP contribution in [-0.2, 0) is 9.59 Å². The molecule has 1 saturated heterocycles. The predicted molar refractivity (Wildman–Crippen MR) is 85.6 cm³/mol. The fraction of sp³-hybridized carbons (Fsp3) is 0.400. The third-order valence-corrected chi connectivity index (χ3v) is 3.53. The Bertz CT molecular complexity index is 567. The van der Waals surface area contributed by atoms with Crippen molar-refractivity contribution in [2.75, 3.05) is 45.0 Å². The molecular weight excluding hydrogens is 298 g/mol. The maximum absolute atomic E-state index is 11.8. The number of nitrogens with zero attached hydrogens (tertiary/aromatic N) is 1. The molecule has 1 aromatic rings. The molecule has 1 fully saturated rings. The van der Waals surface area contributed by atoms with Crippen molar-refractivity contribution in [1.29, 1.82) is 0 Å². The molecule has 0 aliphatic carbocycles. The van der Waals surface area contributed by atoms with E-state index >= 15 is 0 Å². The van der Waals surface area contributed by atoms with E-state index in [1.807, 2.05) is 5.32 Å². The van der Waals surface area contributed by atoms with Crippen LogP contribution in [-0.4, -0.2) is 61.9 Å². The van der Waals surface area contributed by atoms with Gasteiger partial charge in [0, 0.05) is 50.5 Å². The third kappa shape index (κ3) is 5.35. The number of nitrogen functional groups attached to an aromatic ring is 1. The van der Waals surface area contributed by atoms with Crippen LogP contribution in [0.2, 0.25) is 0 Å². The average molecular weight is 319 g/mol. The van der Waals surface area contributed by atoms with Gasteiger partial charge in [0.2, 0.25) is 0 Å². The van der Waals surface area contributed by atoms with Gasteiger partial charge in [0.25, 0.3) is 5.91 Å². The van der Waals surface area contributed by atoms with E-state index in [0.29, 0.717) is 18.8 Å². The molecule has 0 radical (unpaired) electrons. The molecule has 0 unspecified atom stereocenters. The van der Waals surface area contributed by atoms with E-state index < -0.39 is 17.7 Å². The summed E-state index contributed by atoms with van der Waals surface area (Å²) in [6, 6.07) is 6.07. The zero-order chi connectivity index (χ0) is 16.7. The Morgan fingerprint density at radius 3 is 2.39 bits per heavy atom. The van der Waals surface area contributed by atoms with Crippen LogP contribution in [0.1, 0.15) is 10.4 Å². The molecule has 0 spiro atoms. The van der Waals surface area contributed by atoms with Crippen molar-refractivity contribution in [3.63, 3.8) is 0 Å². The molecule has 124 valence electrons. The Balaban J connectivity index is 1.72. The first-order chi connectivity index (χ1) is 11.1. The Hall–Kier alpha value is -2.45. The van der Waals surface area contributed by atoms with Crippen LogP contribution in [0.4, 0.5) is 5.69 Å². The largest absolute Gasteiger partial charge is 0.399 e. The summed E-state index contributed by atoms with van der Waals surface area (Å²) < 4.78 is 0. The molecule has 1 aliphatic heterocycles. The lowest BCUT2D eigenvalue weighted by atomic mass is 10.2. The van der Waals surface area contributed by atoms with E-state index in [2.05, 4.69) is 15.5 Å². The zero-order valence-electron chi connectivity index (χ0n) is 12.8. The van der Waals surface area contributed by atoms with Crippen molar-refractivity contribution >= 4 is 23.4 Å². The first-order valence-electron chi connectivity index (χ1n) is 7.48. The number of piperazine rings is 1. The topological polar surface area (TPSA) is 117 Å². The van der Waals surface area contributed by atoms with Crippen molar-refractivity contribution in [2.45, 2.75) is 0 Å². The number of imide groups is 1. The van der Waals surface area contributed by atoms with Gasteiger partial charge >= 0.3 is 11.8 Å². The fourth-order valence-electron chi connectivity index (χ4n) is 2.21. The van der Waals surface area contributed by atoms with E-state index in [-0.39, 0.29) is 5.56 Å². The quantitative estimate of drug-likeness (QED) is 0.398. The van der Waals surface area contributed by atoms with Gasteiger partial charge in [-0.1, -0.05) is 0 Å². The second kappa shape index (κ2) is 8.25. The lowest BCUT2D eigenvalue weighted by molar-refractivity contribution is -0.138. The van der Waals surface area contributed by atoms with Crippen LogP contribution in [0.15, 0.2) is 24.3 Å². The number of nitrogens with one attached hydrogen (secondary N) is 3. The Labute approximate surface area is 134 Å². The van der Waals surface area contributed by atoms with Crippen molar-refractivity contribution in [2.24, 2.45) is 0 Å². The molecule has 3 amide bonds. The minimum atomic E-state index is -0.966. The van der Waals surface area contributed by atoms with Crippen LogP contribution in [0.3, 0.4) is 0 Å². The number of anilines is 1. The first-order valence-corrected chi connectivity index (χ1v) is 7.48. The highest BCUT2D eigenvalue weighted by Gasteiger charge is 2.18. The maximum atomic E-state index is 11.8. The number of hydrogen-bond donors (Lipinski definition) is 4. The van der Waals surface area contributed by atoms with Crippen molar-refractivity contribution in [3.8, 4) is 0 Å². The molecule has 8 heteroatoms. The van der Waals surface area contributed by atoms with E-state index in [1.165, 1.54) is 12.1 Å². The summed E-state index contributed by atoms with van der Waals surface area (Å²) in [5.41, 5.74) is 6.30. The molecule has 0 saturated carbocycles. The smallest absolute Gasteiger partial charge is 0.316 e. The maximum Gasteiger partial charge on any atom is 0.316 e. The van der Waals surface area contributed by atoms with E-state index in [9.17, 15) is 14.4 Å². The molecule has 1 heterocycles. The van der Waals surface area contributed by atoms with Gasteiger partial charge in [0.15, 0.2) is 0 Å². The normalized spacial score (nSPS) is 15.0. The molecule has 1 aromatic carbocycles. The average Bonchev–Trinajstić information content (AvgIpc) is 2.56. The molecular formula is C15H21N5O3. The number of carbonyl (C=O) groups is 3. The molecule has 8 nitrogen and oxygen atoms in total. The Kier molecular flexibility index (Phi) is 6.07. The summed E-state index contributed by atoms with van der Waals surface area (Å²) in [7, 11) is 0. The summed E-state index contributed by atoms with van der Waals surface area (Å²) >= 11 is 0.